The first kappa shape index (κ1) is 19.8. The van der Waals surface area contributed by atoms with E-state index in [1.165, 1.54) is 6.07 Å². The van der Waals surface area contributed by atoms with Crippen molar-refractivity contribution in [2.75, 3.05) is 0 Å². The molecule has 0 fully saturated rings. The van der Waals surface area contributed by atoms with E-state index in [1.807, 2.05) is 0 Å². The van der Waals surface area contributed by atoms with Crippen LogP contribution in [0.4, 0.5) is 4.39 Å². The molecule has 4 N–H and O–H groups in total. The van der Waals surface area contributed by atoms with E-state index in [9.17, 15) is 19.1 Å². The van der Waals surface area contributed by atoms with E-state index in [0.29, 0.717) is 29.7 Å². The molecule has 1 aromatic carbocycles. The summed E-state index contributed by atoms with van der Waals surface area (Å²) in [6.45, 7) is 1.76. The first-order valence-electron chi connectivity index (χ1n) is 10.6. The molecular formula is C23H20ClFN3O4+. The van der Waals surface area contributed by atoms with Crippen molar-refractivity contribution >= 4 is 28.5 Å². The molecule has 0 saturated carbocycles. The second kappa shape index (κ2) is 6.37. The molecule has 0 radical (unpaired) electrons. The summed E-state index contributed by atoms with van der Waals surface area (Å²) in [4.78, 5) is 30.5. The Morgan fingerprint density at radius 3 is 2.88 bits per heavy atom. The molecule has 6 rings (SSSR count). The maximum atomic E-state index is 14.5. The zero-order valence-electron chi connectivity index (χ0n) is 17.3. The number of aryl methyl sites for hydroxylation is 1. The number of esters is 1. The molecule has 1 aliphatic carbocycles. The summed E-state index contributed by atoms with van der Waals surface area (Å²) in [5.41, 5.74) is 6.64. The fraction of sp³-hybridized carbons (Fsp3) is 0.348. The van der Waals surface area contributed by atoms with Crippen LogP contribution < -0.4 is 11.3 Å². The Labute approximate surface area is 186 Å². The zero-order valence-corrected chi connectivity index (χ0v) is 18.1. The minimum atomic E-state index is -1.89. The number of carbonyl (C=O) groups excluding carboxylic acids is 1. The van der Waals surface area contributed by atoms with Gasteiger partial charge in [-0.05, 0) is 24.5 Å². The molecule has 0 bridgehead atoms. The molecule has 2 aromatic heterocycles. The predicted molar refractivity (Wildman–Crippen MR) is 113 cm³/mol. The van der Waals surface area contributed by atoms with Crippen LogP contribution in [0, 0.1) is 5.82 Å². The molecule has 2 atom stereocenters. The lowest BCUT2D eigenvalue weighted by Gasteiger charge is -2.31. The van der Waals surface area contributed by atoms with E-state index in [2.05, 4.69) is 5.73 Å². The third kappa shape index (κ3) is 2.29. The van der Waals surface area contributed by atoms with Gasteiger partial charge in [0, 0.05) is 34.6 Å². The van der Waals surface area contributed by atoms with Crippen LogP contribution in [0.25, 0.3) is 22.3 Å². The Hall–Kier alpha value is -2.81. The Morgan fingerprint density at radius 2 is 2.12 bits per heavy atom. The van der Waals surface area contributed by atoms with Gasteiger partial charge in [0.1, 0.15) is 18.5 Å². The molecular weight excluding hydrogens is 437 g/mol. The largest absolute Gasteiger partial charge is 0.458 e. The number of cyclic esters (lactones) is 1. The summed E-state index contributed by atoms with van der Waals surface area (Å²) >= 11 is 6.29. The summed E-state index contributed by atoms with van der Waals surface area (Å²) in [5.74, 6) is -1.30. The van der Waals surface area contributed by atoms with Crippen LogP contribution >= 0.6 is 11.6 Å². The fourth-order valence-corrected chi connectivity index (χ4v) is 5.69. The third-order valence-electron chi connectivity index (χ3n) is 7.16. The molecule has 4 heterocycles. The topological polar surface area (TPSA) is 109 Å². The monoisotopic (exact) mass is 456 g/mol. The van der Waals surface area contributed by atoms with Gasteiger partial charge in [-0.25, -0.2) is 14.2 Å². The van der Waals surface area contributed by atoms with Gasteiger partial charge < -0.3 is 20.1 Å². The fourth-order valence-electron chi connectivity index (χ4n) is 5.45. The molecule has 0 spiro atoms. The van der Waals surface area contributed by atoms with Gasteiger partial charge in [-0.2, -0.15) is 0 Å². The Kier molecular flexibility index (Phi) is 3.95. The quantitative estimate of drug-likeness (QED) is 0.426. The van der Waals surface area contributed by atoms with Crippen molar-refractivity contribution in [3.63, 3.8) is 0 Å². The number of aliphatic hydroxyl groups is 1. The Balaban J connectivity index is 1.70. The van der Waals surface area contributed by atoms with Gasteiger partial charge in [0.15, 0.2) is 5.60 Å². The van der Waals surface area contributed by atoms with E-state index in [-0.39, 0.29) is 47.3 Å². The predicted octanol–water partition coefficient (Wildman–Crippen LogP) is 2.10. The number of aromatic nitrogens is 2. The summed E-state index contributed by atoms with van der Waals surface area (Å²) in [6, 6.07) is 2.93. The van der Waals surface area contributed by atoms with Crippen molar-refractivity contribution in [1.29, 1.82) is 0 Å². The smallest absolute Gasteiger partial charge is 0.343 e. The highest BCUT2D eigenvalue weighted by molar-refractivity contribution is 6.32. The van der Waals surface area contributed by atoms with Crippen molar-refractivity contribution in [3.05, 3.63) is 61.1 Å². The number of rotatable bonds is 1. The summed E-state index contributed by atoms with van der Waals surface area (Å²) in [6.07, 6.45) is 1.39. The van der Waals surface area contributed by atoms with Crippen LogP contribution in [0.5, 0.6) is 0 Å². The van der Waals surface area contributed by atoms with E-state index >= 15 is 0 Å². The van der Waals surface area contributed by atoms with E-state index < -0.39 is 17.4 Å². The zero-order chi connectivity index (χ0) is 22.5. The molecule has 3 aliphatic rings. The molecule has 2 aliphatic heterocycles. The van der Waals surface area contributed by atoms with Gasteiger partial charge in [0.2, 0.25) is 0 Å². The number of benzene rings is 1. The second-order valence-corrected chi connectivity index (χ2v) is 9.11. The molecule has 7 nitrogen and oxygen atoms in total. The lowest BCUT2D eigenvalue weighted by molar-refractivity contribution is -0.428. The molecule has 0 saturated heterocycles. The van der Waals surface area contributed by atoms with E-state index in [1.54, 1.807) is 17.6 Å². The van der Waals surface area contributed by atoms with Crippen LogP contribution in [0.1, 0.15) is 53.6 Å². The third-order valence-corrected chi connectivity index (χ3v) is 7.57. The number of ether oxygens (including phenoxy) is 1. The number of nitrogens with zero attached hydrogens (tertiary/aromatic N) is 2. The maximum Gasteiger partial charge on any atom is 0.343 e. The van der Waals surface area contributed by atoms with Gasteiger partial charge in [0.05, 0.1) is 34.0 Å². The lowest BCUT2D eigenvalue weighted by atomic mass is 9.83. The van der Waals surface area contributed by atoms with Crippen LogP contribution in [0.3, 0.4) is 0 Å². The van der Waals surface area contributed by atoms with Gasteiger partial charge in [-0.15, -0.1) is 0 Å². The summed E-state index contributed by atoms with van der Waals surface area (Å²) < 4.78 is 21.3. The number of halogens is 2. The number of fused-ring (bicyclic) bond motifs is 5. The molecule has 0 amide bonds. The first-order valence-corrected chi connectivity index (χ1v) is 11.0. The summed E-state index contributed by atoms with van der Waals surface area (Å²) in [5, 5.41) is 11.9. The van der Waals surface area contributed by atoms with E-state index in [4.69, 9.17) is 21.3 Å². The number of carbonyl (C=O) groups is 1. The SMILES string of the molecule is CC[C@@]1(O)C(=O)OCc2c1cc1n(c2=O)Cc2c-1nc1cc(F)c(Cl)c3c1c2[C@@H]([NH3+])CC3. The van der Waals surface area contributed by atoms with Gasteiger partial charge in [-0.3, -0.25) is 4.79 Å². The minimum Gasteiger partial charge on any atom is -0.458 e. The first-order chi connectivity index (χ1) is 15.3. The molecule has 3 aromatic rings. The number of hydrogen-bond acceptors (Lipinski definition) is 5. The standard InChI is InChI=1S/C23H19ClFN3O4/c1-2-23(31)12-5-16-20-10(7-28(16)21(29)11(12)8-32-22(23)30)17-14(26)4-3-9-18(17)15(27-20)6-13(25)19(9)24/h5-6,14,31H,2-4,7-8,26H2,1H3/p+1/t14-,23-/m0/s1. The average Bonchev–Trinajstić information content (AvgIpc) is 3.14. The van der Waals surface area contributed by atoms with Gasteiger partial charge in [-0.1, -0.05) is 18.5 Å². The van der Waals surface area contributed by atoms with Crippen LogP contribution in [0.15, 0.2) is 16.9 Å². The van der Waals surface area contributed by atoms with Crippen molar-refractivity contribution < 1.29 is 24.8 Å². The van der Waals surface area contributed by atoms with Crippen molar-refractivity contribution in [1.82, 2.24) is 9.55 Å². The second-order valence-electron chi connectivity index (χ2n) is 8.74. The minimum absolute atomic E-state index is 0.0552. The molecule has 32 heavy (non-hydrogen) atoms. The number of hydrogen-bond donors (Lipinski definition) is 2. The van der Waals surface area contributed by atoms with Crippen LogP contribution in [0.2, 0.25) is 5.02 Å². The Morgan fingerprint density at radius 1 is 1.34 bits per heavy atom. The average molecular weight is 457 g/mol. The maximum absolute atomic E-state index is 14.5. The Bertz CT molecular complexity index is 1450. The highest BCUT2D eigenvalue weighted by Crippen LogP contribution is 2.45. The highest BCUT2D eigenvalue weighted by Gasteiger charge is 2.46. The lowest BCUT2D eigenvalue weighted by Crippen LogP contribution is -2.54. The molecule has 9 heteroatoms. The van der Waals surface area contributed by atoms with Crippen LogP contribution in [-0.2, 0) is 34.7 Å². The normalized spacial score (nSPS) is 23.0. The highest BCUT2D eigenvalue weighted by atomic mass is 35.5. The van der Waals surface area contributed by atoms with E-state index in [0.717, 1.165) is 22.1 Å². The van der Waals surface area contributed by atoms with Crippen molar-refractivity contribution in [2.24, 2.45) is 0 Å². The van der Waals surface area contributed by atoms with Crippen LogP contribution in [-0.4, -0.2) is 20.6 Å². The van der Waals surface area contributed by atoms with Crippen molar-refractivity contribution in [3.8, 4) is 11.4 Å². The summed E-state index contributed by atoms with van der Waals surface area (Å²) in [7, 11) is 0. The number of pyridine rings is 2. The molecule has 164 valence electrons. The van der Waals surface area contributed by atoms with Crippen molar-refractivity contribution in [2.45, 2.75) is 51.0 Å². The molecule has 0 unspecified atom stereocenters. The number of quaternary nitrogens is 1. The van der Waals surface area contributed by atoms with Gasteiger partial charge in [0.25, 0.3) is 5.56 Å². The van der Waals surface area contributed by atoms with Gasteiger partial charge >= 0.3 is 5.97 Å².